The first-order chi connectivity index (χ1) is 5.66. The van der Waals surface area contributed by atoms with Crippen molar-refractivity contribution < 1.29 is 0 Å². The summed E-state index contributed by atoms with van der Waals surface area (Å²) in [6.45, 7) is 4.13. The molecule has 1 heterocycles. The maximum atomic E-state index is 5.88. The highest BCUT2D eigenvalue weighted by atomic mass is 79.9. The third kappa shape index (κ3) is 1.78. The van der Waals surface area contributed by atoms with E-state index < -0.39 is 0 Å². The zero-order valence-corrected chi connectivity index (χ0v) is 8.98. The van der Waals surface area contributed by atoms with Crippen LogP contribution in [0.15, 0.2) is 10.7 Å². The van der Waals surface area contributed by atoms with Crippen LogP contribution >= 0.6 is 15.9 Å². The number of nitrogens with two attached hydrogens (primary N) is 1. The lowest BCUT2D eigenvalue weighted by molar-refractivity contribution is 0.900. The average Bonchev–Trinajstić information content (AvgIpc) is 2.06. The minimum atomic E-state index is 0.837. The second-order valence-corrected chi connectivity index (χ2v) is 3.69. The second-order valence-electron chi connectivity index (χ2n) is 2.83. The van der Waals surface area contributed by atoms with E-state index in [-0.39, 0.29) is 0 Å². The van der Waals surface area contributed by atoms with Crippen LogP contribution in [-0.2, 0) is 6.42 Å². The number of aromatic nitrogens is 1. The van der Waals surface area contributed by atoms with Crippen LogP contribution < -0.4 is 5.73 Å². The van der Waals surface area contributed by atoms with Gasteiger partial charge in [0.2, 0.25) is 0 Å². The lowest BCUT2D eigenvalue weighted by atomic mass is 10.1. The average molecular weight is 229 g/mol. The SMILES string of the molecule is CCCc1c(C)ncc(Br)c1N. The Hall–Kier alpha value is -0.570. The highest BCUT2D eigenvalue weighted by Crippen LogP contribution is 2.25. The number of anilines is 1. The van der Waals surface area contributed by atoms with Gasteiger partial charge in [-0.2, -0.15) is 0 Å². The zero-order valence-electron chi connectivity index (χ0n) is 7.39. The van der Waals surface area contributed by atoms with Gasteiger partial charge in [-0.25, -0.2) is 0 Å². The van der Waals surface area contributed by atoms with E-state index in [0.717, 1.165) is 28.7 Å². The Labute approximate surface area is 81.3 Å². The summed E-state index contributed by atoms with van der Waals surface area (Å²) in [5.74, 6) is 0. The predicted octanol–water partition coefficient (Wildman–Crippen LogP) is 2.69. The zero-order chi connectivity index (χ0) is 9.14. The van der Waals surface area contributed by atoms with Gasteiger partial charge in [-0.15, -0.1) is 0 Å². The molecule has 0 aliphatic carbocycles. The molecule has 2 N–H and O–H groups in total. The van der Waals surface area contributed by atoms with Gasteiger partial charge >= 0.3 is 0 Å². The Bertz CT molecular complexity index is 284. The van der Waals surface area contributed by atoms with Crippen LogP contribution in [0.5, 0.6) is 0 Å². The molecule has 1 aromatic heterocycles. The topological polar surface area (TPSA) is 38.9 Å². The molecule has 3 heteroatoms. The molecule has 0 unspecified atom stereocenters. The van der Waals surface area contributed by atoms with Crippen molar-refractivity contribution >= 4 is 21.6 Å². The third-order valence-electron chi connectivity index (χ3n) is 1.89. The van der Waals surface area contributed by atoms with Crippen molar-refractivity contribution in [2.45, 2.75) is 26.7 Å². The Balaban J connectivity index is 3.14. The van der Waals surface area contributed by atoms with Crippen molar-refractivity contribution in [3.8, 4) is 0 Å². The smallest absolute Gasteiger partial charge is 0.0591 e. The maximum absolute atomic E-state index is 5.88. The van der Waals surface area contributed by atoms with Crippen molar-refractivity contribution in [1.29, 1.82) is 0 Å². The number of hydrogen-bond donors (Lipinski definition) is 1. The summed E-state index contributed by atoms with van der Waals surface area (Å²) < 4.78 is 0.900. The van der Waals surface area contributed by atoms with Crippen molar-refractivity contribution in [2.24, 2.45) is 0 Å². The first-order valence-corrected chi connectivity index (χ1v) is 4.85. The number of nitrogen functional groups attached to an aromatic ring is 1. The largest absolute Gasteiger partial charge is 0.397 e. The highest BCUT2D eigenvalue weighted by molar-refractivity contribution is 9.10. The Morgan fingerprint density at radius 1 is 1.58 bits per heavy atom. The van der Waals surface area contributed by atoms with E-state index in [1.54, 1.807) is 6.20 Å². The lowest BCUT2D eigenvalue weighted by Gasteiger charge is -2.08. The van der Waals surface area contributed by atoms with Crippen LogP contribution in [0.2, 0.25) is 0 Å². The summed E-state index contributed by atoms with van der Waals surface area (Å²) in [5.41, 5.74) is 8.93. The van der Waals surface area contributed by atoms with Crippen molar-refractivity contribution in [3.63, 3.8) is 0 Å². The molecule has 0 saturated carbocycles. The summed E-state index contributed by atoms with van der Waals surface area (Å²) >= 11 is 3.36. The van der Waals surface area contributed by atoms with Crippen LogP contribution in [0, 0.1) is 6.92 Å². The van der Waals surface area contributed by atoms with Gasteiger partial charge in [-0.3, -0.25) is 4.98 Å². The number of nitrogens with zero attached hydrogens (tertiary/aromatic N) is 1. The molecule has 0 saturated heterocycles. The number of halogens is 1. The van der Waals surface area contributed by atoms with E-state index in [9.17, 15) is 0 Å². The van der Waals surface area contributed by atoms with Crippen LogP contribution in [-0.4, -0.2) is 4.98 Å². The van der Waals surface area contributed by atoms with E-state index in [0.29, 0.717) is 0 Å². The summed E-state index contributed by atoms with van der Waals surface area (Å²) in [4.78, 5) is 4.23. The quantitative estimate of drug-likeness (QED) is 0.846. The molecule has 66 valence electrons. The number of hydrogen-bond acceptors (Lipinski definition) is 2. The minimum absolute atomic E-state index is 0.837. The van der Waals surface area contributed by atoms with Gasteiger partial charge in [-0.1, -0.05) is 13.3 Å². The fraction of sp³-hybridized carbons (Fsp3) is 0.444. The number of pyridine rings is 1. The van der Waals surface area contributed by atoms with Crippen molar-refractivity contribution in [2.75, 3.05) is 5.73 Å². The molecule has 0 aliphatic heterocycles. The molecule has 2 nitrogen and oxygen atoms in total. The fourth-order valence-electron chi connectivity index (χ4n) is 1.21. The van der Waals surface area contributed by atoms with Gasteiger partial charge in [0.15, 0.2) is 0 Å². The van der Waals surface area contributed by atoms with Gasteiger partial charge in [0.1, 0.15) is 0 Å². The first kappa shape index (κ1) is 9.52. The van der Waals surface area contributed by atoms with Gasteiger partial charge in [-0.05, 0) is 34.8 Å². The van der Waals surface area contributed by atoms with E-state index >= 15 is 0 Å². The summed E-state index contributed by atoms with van der Waals surface area (Å²) in [6.07, 6.45) is 3.86. The molecule has 0 radical (unpaired) electrons. The minimum Gasteiger partial charge on any atom is -0.397 e. The van der Waals surface area contributed by atoms with E-state index in [1.165, 1.54) is 5.56 Å². The fourth-order valence-corrected chi connectivity index (χ4v) is 1.55. The van der Waals surface area contributed by atoms with E-state index in [2.05, 4.69) is 27.8 Å². The van der Waals surface area contributed by atoms with E-state index in [4.69, 9.17) is 5.73 Å². The van der Waals surface area contributed by atoms with Gasteiger partial charge in [0.25, 0.3) is 0 Å². The van der Waals surface area contributed by atoms with Gasteiger partial charge in [0, 0.05) is 11.9 Å². The molecule has 12 heavy (non-hydrogen) atoms. The maximum Gasteiger partial charge on any atom is 0.0591 e. The lowest BCUT2D eigenvalue weighted by Crippen LogP contribution is -2.00. The molecule has 1 aromatic rings. The highest BCUT2D eigenvalue weighted by Gasteiger charge is 2.06. The first-order valence-electron chi connectivity index (χ1n) is 4.06. The Kier molecular flexibility index (Phi) is 3.09. The second kappa shape index (κ2) is 3.90. The Morgan fingerprint density at radius 3 is 2.83 bits per heavy atom. The summed E-state index contributed by atoms with van der Waals surface area (Å²) in [5, 5.41) is 0. The van der Waals surface area contributed by atoms with Crippen molar-refractivity contribution in [1.82, 2.24) is 4.98 Å². The molecule has 0 spiro atoms. The van der Waals surface area contributed by atoms with Gasteiger partial charge < -0.3 is 5.73 Å². The summed E-state index contributed by atoms with van der Waals surface area (Å²) in [7, 11) is 0. The van der Waals surface area contributed by atoms with Crippen LogP contribution in [0.25, 0.3) is 0 Å². The molecule has 0 atom stereocenters. The molecular formula is C9H13BrN2. The van der Waals surface area contributed by atoms with Crippen LogP contribution in [0.4, 0.5) is 5.69 Å². The standard InChI is InChI=1S/C9H13BrN2/c1-3-4-7-6(2)12-5-8(10)9(7)11/h5H,3-4H2,1-2H3,(H2,11,12). The van der Waals surface area contributed by atoms with Gasteiger partial charge in [0.05, 0.1) is 10.2 Å². The van der Waals surface area contributed by atoms with Crippen LogP contribution in [0.1, 0.15) is 24.6 Å². The normalized spacial score (nSPS) is 10.2. The number of rotatable bonds is 2. The van der Waals surface area contributed by atoms with E-state index in [1.807, 2.05) is 6.92 Å². The molecule has 0 fully saturated rings. The monoisotopic (exact) mass is 228 g/mol. The molecule has 0 aromatic carbocycles. The molecule has 0 amide bonds. The van der Waals surface area contributed by atoms with Crippen LogP contribution in [0.3, 0.4) is 0 Å². The predicted molar refractivity (Wildman–Crippen MR) is 55.1 cm³/mol. The third-order valence-corrected chi connectivity index (χ3v) is 2.52. The molecular weight excluding hydrogens is 216 g/mol. The molecule has 0 aliphatic rings. The summed E-state index contributed by atoms with van der Waals surface area (Å²) in [6, 6.07) is 0. The Morgan fingerprint density at radius 2 is 2.25 bits per heavy atom. The number of aryl methyl sites for hydroxylation is 1. The molecule has 0 bridgehead atoms. The van der Waals surface area contributed by atoms with Crippen molar-refractivity contribution in [3.05, 3.63) is 21.9 Å². The molecule has 1 rings (SSSR count).